The van der Waals surface area contributed by atoms with Crippen molar-refractivity contribution >= 4 is 11.6 Å². The summed E-state index contributed by atoms with van der Waals surface area (Å²) in [6, 6.07) is 5.46. The zero-order chi connectivity index (χ0) is 15.5. The summed E-state index contributed by atoms with van der Waals surface area (Å²) in [5, 5.41) is 10.2. The van der Waals surface area contributed by atoms with Crippen LogP contribution in [0.15, 0.2) is 36.8 Å². The third kappa shape index (κ3) is 2.79. The molecular weight excluding hydrogens is 278 g/mol. The number of para-hydroxylation sites is 1. The highest BCUT2D eigenvalue weighted by atomic mass is 16.3. The lowest BCUT2D eigenvalue weighted by atomic mass is 9.91. The smallest absolute Gasteiger partial charge is 0.227 e. The van der Waals surface area contributed by atoms with Crippen LogP contribution in [0.4, 0.5) is 5.69 Å². The summed E-state index contributed by atoms with van der Waals surface area (Å²) < 4.78 is 0. The molecule has 5 heteroatoms. The van der Waals surface area contributed by atoms with Crippen molar-refractivity contribution in [3.63, 3.8) is 0 Å². The van der Waals surface area contributed by atoms with Crippen molar-refractivity contribution in [1.82, 2.24) is 9.97 Å². The number of nitrogens with zero attached hydrogens (tertiary/aromatic N) is 3. The molecule has 1 aliphatic rings. The molecule has 22 heavy (non-hydrogen) atoms. The van der Waals surface area contributed by atoms with E-state index in [0.717, 1.165) is 17.7 Å². The maximum atomic E-state index is 12.6. The normalized spacial score (nSPS) is 17.1. The van der Waals surface area contributed by atoms with Gasteiger partial charge >= 0.3 is 0 Å². The number of amides is 1. The Morgan fingerprint density at radius 3 is 3.05 bits per heavy atom. The quantitative estimate of drug-likeness (QED) is 0.946. The number of phenolic OH excluding ortho intramolecular Hbond substituents is 1. The number of rotatable bonds is 3. The molecule has 1 atom stereocenters. The number of carbonyl (C=O) groups excluding carboxylic acids is 1. The number of aromatic nitrogens is 2. The topological polar surface area (TPSA) is 66.3 Å². The summed E-state index contributed by atoms with van der Waals surface area (Å²) in [5.41, 5.74) is 2.52. The van der Waals surface area contributed by atoms with E-state index in [-0.39, 0.29) is 11.7 Å². The largest absolute Gasteiger partial charge is 0.506 e. The van der Waals surface area contributed by atoms with E-state index in [0.29, 0.717) is 31.0 Å². The van der Waals surface area contributed by atoms with Crippen LogP contribution in [0.2, 0.25) is 0 Å². The minimum Gasteiger partial charge on any atom is -0.506 e. The Balaban J connectivity index is 1.78. The van der Waals surface area contributed by atoms with E-state index < -0.39 is 0 Å². The van der Waals surface area contributed by atoms with Crippen LogP contribution in [-0.4, -0.2) is 27.5 Å². The van der Waals surface area contributed by atoms with Gasteiger partial charge in [-0.3, -0.25) is 14.8 Å². The van der Waals surface area contributed by atoms with Gasteiger partial charge in [0.15, 0.2) is 0 Å². The first-order chi connectivity index (χ1) is 10.7. The van der Waals surface area contributed by atoms with E-state index in [9.17, 15) is 9.90 Å². The molecule has 1 aliphatic heterocycles. The van der Waals surface area contributed by atoms with Crippen LogP contribution in [0, 0.1) is 0 Å². The molecule has 1 aromatic carbocycles. The van der Waals surface area contributed by atoms with Crippen LogP contribution in [0.5, 0.6) is 5.75 Å². The molecular formula is C17H19N3O2. The van der Waals surface area contributed by atoms with Gasteiger partial charge in [0.25, 0.3) is 0 Å². The highest BCUT2D eigenvalue weighted by Gasteiger charge is 2.28. The molecule has 0 saturated heterocycles. The number of aryl methyl sites for hydroxylation is 1. The fourth-order valence-corrected chi connectivity index (χ4v) is 2.91. The van der Waals surface area contributed by atoms with Crippen LogP contribution in [0.3, 0.4) is 0 Å². The maximum Gasteiger partial charge on any atom is 0.227 e. The second-order valence-electron chi connectivity index (χ2n) is 5.65. The minimum absolute atomic E-state index is 0.0142. The van der Waals surface area contributed by atoms with Crippen LogP contribution < -0.4 is 4.90 Å². The van der Waals surface area contributed by atoms with E-state index in [2.05, 4.69) is 16.9 Å². The summed E-state index contributed by atoms with van der Waals surface area (Å²) in [6.45, 7) is 2.77. The summed E-state index contributed by atoms with van der Waals surface area (Å²) in [6.07, 6.45) is 6.75. The molecule has 3 rings (SSSR count). The van der Waals surface area contributed by atoms with Crippen molar-refractivity contribution in [1.29, 1.82) is 0 Å². The van der Waals surface area contributed by atoms with E-state index in [1.54, 1.807) is 29.6 Å². The summed E-state index contributed by atoms with van der Waals surface area (Å²) in [7, 11) is 0. The molecule has 0 spiro atoms. The van der Waals surface area contributed by atoms with E-state index >= 15 is 0 Å². The fourth-order valence-electron chi connectivity index (χ4n) is 2.91. The Kier molecular flexibility index (Phi) is 4.04. The highest BCUT2D eigenvalue weighted by Crippen LogP contribution is 2.41. The molecule has 1 aromatic heterocycles. The van der Waals surface area contributed by atoms with Crippen molar-refractivity contribution in [3.8, 4) is 5.75 Å². The second kappa shape index (κ2) is 6.13. The number of anilines is 1. The van der Waals surface area contributed by atoms with Crippen LogP contribution >= 0.6 is 0 Å². The van der Waals surface area contributed by atoms with E-state index in [4.69, 9.17) is 0 Å². The average molecular weight is 297 g/mol. The van der Waals surface area contributed by atoms with Gasteiger partial charge in [-0.2, -0.15) is 0 Å². The zero-order valence-electron chi connectivity index (χ0n) is 12.6. The Labute approximate surface area is 129 Å². The lowest BCUT2D eigenvalue weighted by Crippen LogP contribution is -2.36. The first-order valence-corrected chi connectivity index (χ1v) is 7.54. The minimum atomic E-state index is 0.0142. The van der Waals surface area contributed by atoms with Gasteiger partial charge in [-0.1, -0.05) is 19.1 Å². The number of benzene rings is 1. The van der Waals surface area contributed by atoms with Crippen molar-refractivity contribution < 1.29 is 9.90 Å². The fraction of sp³-hybridized carbons (Fsp3) is 0.353. The number of hydrogen-bond acceptors (Lipinski definition) is 4. The van der Waals surface area contributed by atoms with Gasteiger partial charge < -0.3 is 10.0 Å². The molecule has 1 amide bonds. The van der Waals surface area contributed by atoms with Gasteiger partial charge in [0.05, 0.1) is 11.4 Å². The Hall–Kier alpha value is -2.43. The molecule has 2 heterocycles. The Morgan fingerprint density at radius 2 is 2.27 bits per heavy atom. The molecule has 2 aromatic rings. The highest BCUT2D eigenvalue weighted by molar-refractivity contribution is 5.96. The third-order valence-electron chi connectivity index (χ3n) is 4.15. The summed E-state index contributed by atoms with van der Waals surface area (Å²) in [4.78, 5) is 22.5. The molecule has 0 saturated carbocycles. The summed E-state index contributed by atoms with van der Waals surface area (Å²) in [5.74, 6) is 0.545. The molecule has 1 unspecified atom stereocenters. The number of aromatic hydroxyl groups is 1. The number of carbonyl (C=O) groups is 1. The molecule has 114 valence electrons. The first kappa shape index (κ1) is 14.5. The molecule has 5 nitrogen and oxygen atoms in total. The van der Waals surface area contributed by atoms with Gasteiger partial charge in [-0.25, -0.2) is 0 Å². The second-order valence-corrected chi connectivity index (χ2v) is 5.65. The molecule has 0 bridgehead atoms. The van der Waals surface area contributed by atoms with Crippen LogP contribution in [0.25, 0.3) is 0 Å². The Morgan fingerprint density at radius 1 is 1.41 bits per heavy atom. The maximum absolute atomic E-state index is 12.6. The third-order valence-corrected chi connectivity index (χ3v) is 4.15. The predicted octanol–water partition coefficient (Wildman–Crippen LogP) is 2.66. The molecule has 0 aliphatic carbocycles. The van der Waals surface area contributed by atoms with Gasteiger partial charge in [0, 0.05) is 31.6 Å². The van der Waals surface area contributed by atoms with E-state index in [1.165, 1.54) is 0 Å². The van der Waals surface area contributed by atoms with Crippen molar-refractivity contribution in [2.75, 3.05) is 11.4 Å². The number of fused-ring (bicyclic) bond motifs is 1. The molecule has 0 fully saturated rings. The number of hydrogen-bond donors (Lipinski definition) is 1. The number of phenols is 1. The SMILES string of the molecule is CC1CCN(C(=O)CCc2cnccn2)c2c(O)cccc21. The average Bonchev–Trinajstić information content (AvgIpc) is 2.55. The lowest BCUT2D eigenvalue weighted by molar-refractivity contribution is -0.118. The molecule has 0 radical (unpaired) electrons. The van der Waals surface area contributed by atoms with Crippen LogP contribution in [0.1, 0.15) is 36.9 Å². The standard InChI is InChI=1S/C17H19N3O2/c1-12-7-10-20(17-14(12)3-2-4-15(17)21)16(22)6-5-13-11-18-8-9-19-13/h2-4,8-9,11-12,21H,5-7,10H2,1H3. The first-order valence-electron chi connectivity index (χ1n) is 7.54. The van der Waals surface area contributed by atoms with Gasteiger partial charge in [-0.15, -0.1) is 0 Å². The van der Waals surface area contributed by atoms with Crippen molar-refractivity contribution in [2.24, 2.45) is 0 Å². The summed E-state index contributed by atoms with van der Waals surface area (Å²) >= 11 is 0. The van der Waals surface area contributed by atoms with Crippen LogP contribution in [-0.2, 0) is 11.2 Å². The Bertz CT molecular complexity index is 673. The van der Waals surface area contributed by atoms with Gasteiger partial charge in [0.2, 0.25) is 5.91 Å². The van der Waals surface area contributed by atoms with E-state index in [1.807, 2.05) is 12.1 Å². The lowest BCUT2D eigenvalue weighted by Gasteiger charge is -2.33. The zero-order valence-corrected chi connectivity index (χ0v) is 12.6. The van der Waals surface area contributed by atoms with Crippen molar-refractivity contribution in [3.05, 3.63) is 48.0 Å². The monoisotopic (exact) mass is 297 g/mol. The predicted molar refractivity (Wildman–Crippen MR) is 83.8 cm³/mol. The molecule has 1 N–H and O–H groups in total. The van der Waals surface area contributed by atoms with Gasteiger partial charge in [-0.05, 0) is 30.4 Å². The van der Waals surface area contributed by atoms with Gasteiger partial charge in [0.1, 0.15) is 5.75 Å². The van der Waals surface area contributed by atoms with Crippen molar-refractivity contribution in [2.45, 2.75) is 32.1 Å².